The molecule has 0 fully saturated rings. The minimum atomic E-state index is -3.87. The number of thioether (sulfide) groups is 1. The number of sulfone groups is 1. The molecule has 62 heavy (non-hydrogen) atoms. The molecule has 5 rings (SSSR count). The van der Waals surface area contributed by atoms with Crippen LogP contribution >= 0.6 is 11.8 Å². The van der Waals surface area contributed by atoms with E-state index in [1.165, 1.54) is 24.9 Å². The Bertz CT molecular complexity index is 2290. The third kappa shape index (κ3) is 11.9. The van der Waals surface area contributed by atoms with E-state index >= 15 is 0 Å². The second-order valence-electron chi connectivity index (χ2n) is 15.4. The number of fused-ring (bicyclic) bond motifs is 1. The number of rotatable bonds is 19. The number of hydrogen-bond donors (Lipinski definition) is 4. The van der Waals surface area contributed by atoms with Gasteiger partial charge in [-0.3, -0.25) is 24.1 Å². The molecule has 14 nitrogen and oxygen atoms in total. The Morgan fingerprint density at radius 3 is 1.95 bits per heavy atom. The number of carbonyl (C=O) groups is 5. The number of likely N-dealkylation sites (N-methyl/N-ethyl adjacent to an activating group) is 1. The molecule has 1 aliphatic heterocycles. The summed E-state index contributed by atoms with van der Waals surface area (Å²) in [7, 11) is -2.68. The summed E-state index contributed by atoms with van der Waals surface area (Å²) >= 11 is 1.34. The summed E-state index contributed by atoms with van der Waals surface area (Å²) in [5, 5.41) is 16.5. The summed E-state index contributed by atoms with van der Waals surface area (Å²) in [6.07, 6.45) is 7.01. The number of nitrogens with one attached hydrogen (secondary N) is 3. The van der Waals surface area contributed by atoms with Gasteiger partial charge in [0.15, 0.2) is 16.4 Å². The summed E-state index contributed by atoms with van der Waals surface area (Å²) in [6, 6.07) is 25.7. The molecule has 4 aromatic carbocycles. The summed E-state index contributed by atoms with van der Waals surface area (Å²) in [4.78, 5) is 69.1. The van der Waals surface area contributed by atoms with Crippen molar-refractivity contribution in [1.29, 1.82) is 0 Å². The van der Waals surface area contributed by atoms with Gasteiger partial charge in [-0.25, -0.2) is 13.2 Å². The third-order valence-corrected chi connectivity index (χ3v) is 13.6. The largest absolute Gasteiger partial charge is 0.483 e. The van der Waals surface area contributed by atoms with Crippen LogP contribution in [0.15, 0.2) is 113 Å². The Morgan fingerprint density at radius 1 is 0.839 bits per heavy atom. The molecule has 0 radical (unpaired) electrons. The molecule has 1 aliphatic rings. The van der Waals surface area contributed by atoms with Crippen molar-refractivity contribution >= 4 is 62.7 Å². The minimum Gasteiger partial charge on any atom is -0.483 e. The van der Waals surface area contributed by atoms with E-state index in [1.807, 2.05) is 42.7 Å². The number of hydrogen-bond acceptors (Lipinski definition) is 10. The topological polar surface area (TPSA) is 192 Å². The van der Waals surface area contributed by atoms with Crippen molar-refractivity contribution in [2.24, 2.45) is 5.41 Å². The molecule has 0 spiro atoms. The van der Waals surface area contributed by atoms with Gasteiger partial charge in [0.1, 0.15) is 24.4 Å². The standard InChI is InChI=1S/C46H55N5O9S2/c1-5-7-24-46(25-8-6-2)30-51(34-22-16-11-17-23-34)35-26-37(61-4)36(27-38(35)62(58,59)31-46)60-29-39(52)48-42(33-20-14-10-15-21-33)44(56)50(3)45(57)49-41(32-18-12-9-13-19-32)43(55)47-28-40(53)54/h9-23,26-27,41-42H,5-8,24-25,28-31H2,1-4H3,(H,47,55)(H,48,52)(H,49,57)(H,53,54)/t41-,42-/m1/s1. The first kappa shape index (κ1) is 47.2. The van der Waals surface area contributed by atoms with E-state index in [-0.39, 0.29) is 16.4 Å². The van der Waals surface area contributed by atoms with Crippen molar-refractivity contribution < 1.29 is 42.2 Å². The van der Waals surface area contributed by atoms with E-state index in [0.717, 1.165) is 49.1 Å². The first-order valence-corrected chi connectivity index (χ1v) is 23.5. The molecule has 4 aromatic rings. The SMILES string of the molecule is CCCCC1(CCCC)CN(c2ccccc2)c2cc(SC)c(OCC(=O)N[C@@H](C(=O)N(C)C(=O)N[C@@H](C(=O)NCC(=O)O)c3ccccc3)c3ccccc3)cc2S(=O)(=O)C1. The number of urea groups is 1. The predicted molar refractivity (Wildman–Crippen MR) is 239 cm³/mol. The number of anilines is 2. The molecule has 16 heteroatoms. The highest BCUT2D eigenvalue weighted by Gasteiger charge is 2.43. The maximum atomic E-state index is 14.6. The molecule has 330 valence electrons. The highest BCUT2D eigenvalue weighted by Crippen LogP contribution is 2.47. The van der Waals surface area contributed by atoms with Gasteiger partial charge in [0.25, 0.3) is 11.8 Å². The van der Waals surface area contributed by atoms with Gasteiger partial charge in [0.05, 0.1) is 21.2 Å². The molecular weight excluding hydrogens is 831 g/mol. The lowest BCUT2D eigenvalue weighted by Gasteiger charge is -2.37. The Hall–Kier alpha value is -5.87. The smallest absolute Gasteiger partial charge is 0.324 e. The lowest BCUT2D eigenvalue weighted by molar-refractivity contribution is -0.138. The summed E-state index contributed by atoms with van der Waals surface area (Å²) in [5.74, 6) is -3.53. The van der Waals surface area contributed by atoms with Crippen LogP contribution in [0.4, 0.5) is 16.2 Å². The number of amides is 5. The molecule has 1 heterocycles. The van der Waals surface area contributed by atoms with Crippen LogP contribution in [-0.4, -0.2) is 86.9 Å². The van der Waals surface area contributed by atoms with Gasteiger partial charge in [0.2, 0.25) is 5.91 Å². The average Bonchev–Trinajstić information content (AvgIpc) is 3.37. The van der Waals surface area contributed by atoms with Gasteiger partial charge in [0, 0.05) is 30.8 Å². The van der Waals surface area contributed by atoms with Crippen LogP contribution in [0, 0.1) is 5.41 Å². The summed E-state index contributed by atoms with van der Waals surface area (Å²) in [5.41, 5.74) is 1.59. The van der Waals surface area contributed by atoms with Crippen molar-refractivity contribution in [2.45, 2.75) is 74.2 Å². The summed E-state index contributed by atoms with van der Waals surface area (Å²) < 4.78 is 35.2. The van der Waals surface area contributed by atoms with Crippen molar-refractivity contribution in [2.75, 3.05) is 43.7 Å². The maximum Gasteiger partial charge on any atom is 0.324 e. The fourth-order valence-electron chi connectivity index (χ4n) is 7.58. The number of carboxylic acids is 1. The number of carbonyl (C=O) groups excluding carboxylic acids is 4. The van der Waals surface area contributed by atoms with E-state index in [2.05, 4.69) is 34.7 Å². The highest BCUT2D eigenvalue weighted by molar-refractivity contribution is 7.98. The average molecular weight is 886 g/mol. The zero-order valence-electron chi connectivity index (χ0n) is 35.5. The fraction of sp³-hybridized carbons (Fsp3) is 0.370. The number of para-hydroxylation sites is 1. The number of benzene rings is 4. The number of carboxylic acid groups (broad SMARTS) is 1. The monoisotopic (exact) mass is 885 g/mol. The Labute approximate surface area is 367 Å². The zero-order valence-corrected chi connectivity index (χ0v) is 37.1. The predicted octanol–water partition coefficient (Wildman–Crippen LogP) is 7.05. The van der Waals surface area contributed by atoms with Crippen molar-refractivity contribution in [1.82, 2.24) is 20.9 Å². The fourth-order valence-corrected chi connectivity index (χ4v) is 10.2. The normalized spacial score (nSPS) is 14.9. The molecule has 0 saturated heterocycles. The minimum absolute atomic E-state index is 0.0318. The number of aliphatic carboxylic acids is 1. The molecule has 0 aromatic heterocycles. The first-order chi connectivity index (χ1) is 29.7. The van der Waals surface area contributed by atoms with Crippen LogP contribution in [0.1, 0.15) is 75.6 Å². The number of unbranched alkanes of at least 4 members (excludes halogenated alkanes) is 2. The first-order valence-electron chi connectivity index (χ1n) is 20.6. The van der Waals surface area contributed by atoms with Crippen molar-refractivity contribution in [3.63, 3.8) is 0 Å². The molecular formula is C46H55N5O9S2. The second-order valence-corrected chi connectivity index (χ2v) is 18.2. The summed E-state index contributed by atoms with van der Waals surface area (Å²) in [6.45, 7) is 3.45. The van der Waals surface area contributed by atoms with Crippen LogP contribution in [0.3, 0.4) is 0 Å². The van der Waals surface area contributed by atoms with E-state index in [4.69, 9.17) is 9.84 Å². The molecule has 0 unspecified atom stereocenters. The molecule has 0 saturated carbocycles. The van der Waals surface area contributed by atoms with Crippen molar-refractivity contribution in [3.8, 4) is 5.75 Å². The number of nitrogens with zero attached hydrogens (tertiary/aromatic N) is 2. The Kier molecular flexibility index (Phi) is 16.6. The number of imide groups is 1. The van der Waals surface area contributed by atoms with Crippen LogP contribution in [0.2, 0.25) is 0 Å². The molecule has 2 atom stereocenters. The Balaban J connectivity index is 1.41. The molecule has 0 aliphatic carbocycles. The third-order valence-electron chi connectivity index (χ3n) is 10.8. The lowest BCUT2D eigenvalue weighted by Crippen LogP contribution is -2.50. The van der Waals surface area contributed by atoms with Crippen LogP contribution in [-0.2, 0) is 29.0 Å². The van der Waals surface area contributed by atoms with E-state index in [9.17, 15) is 32.4 Å². The Morgan fingerprint density at radius 2 is 1.40 bits per heavy atom. The van der Waals surface area contributed by atoms with Gasteiger partial charge >= 0.3 is 12.0 Å². The van der Waals surface area contributed by atoms with Gasteiger partial charge in [-0.2, -0.15) is 0 Å². The lowest BCUT2D eigenvalue weighted by atomic mass is 9.79. The van der Waals surface area contributed by atoms with E-state index in [1.54, 1.807) is 60.7 Å². The molecule has 5 amide bonds. The molecule has 4 N–H and O–H groups in total. The van der Waals surface area contributed by atoms with Crippen LogP contribution in [0.25, 0.3) is 0 Å². The van der Waals surface area contributed by atoms with E-state index < -0.39 is 70.2 Å². The van der Waals surface area contributed by atoms with Crippen LogP contribution < -0.4 is 25.6 Å². The highest BCUT2D eigenvalue weighted by atomic mass is 32.2. The number of ether oxygens (including phenoxy) is 1. The van der Waals surface area contributed by atoms with E-state index in [0.29, 0.717) is 28.3 Å². The maximum absolute atomic E-state index is 14.6. The zero-order chi connectivity index (χ0) is 44.9. The molecule has 0 bridgehead atoms. The van der Waals surface area contributed by atoms with Crippen LogP contribution in [0.5, 0.6) is 5.75 Å². The van der Waals surface area contributed by atoms with Gasteiger partial charge < -0.3 is 30.7 Å². The quantitative estimate of drug-likeness (QED) is 0.0706. The van der Waals surface area contributed by atoms with Gasteiger partial charge in [-0.1, -0.05) is 118 Å². The second kappa shape index (κ2) is 21.8. The van der Waals surface area contributed by atoms with Crippen molar-refractivity contribution in [3.05, 3.63) is 114 Å². The van der Waals surface area contributed by atoms with Gasteiger partial charge in [-0.15, -0.1) is 11.8 Å². The van der Waals surface area contributed by atoms with Gasteiger partial charge in [-0.05, 0) is 48.4 Å².